The van der Waals surface area contributed by atoms with Crippen molar-refractivity contribution in [3.8, 4) is 17.2 Å². The first-order valence-electron chi connectivity index (χ1n) is 11.9. The Kier molecular flexibility index (Phi) is 7.30. The van der Waals surface area contributed by atoms with Crippen LogP contribution < -0.4 is 30.5 Å². The monoisotopic (exact) mass is 507 g/mol. The maximum atomic E-state index is 12.8. The summed E-state index contributed by atoms with van der Waals surface area (Å²) in [5, 5.41) is 6.38. The summed E-state index contributed by atoms with van der Waals surface area (Å²) in [6.45, 7) is 6.13. The molecule has 37 heavy (non-hydrogen) atoms. The van der Waals surface area contributed by atoms with Crippen LogP contribution in [0.1, 0.15) is 5.69 Å². The van der Waals surface area contributed by atoms with E-state index in [4.69, 9.17) is 18.9 Å². The minimum Gasteiger partial charge on any atom is -0.493 e. The number of hydrogen-bond acceptors (Lipinski definition) is 11. The van der Waals surface area contributed by atoms with Gasteiger partial charge in [0.05, 0.1) is 49.5 Å². The average Bonchev–Trinajstić information content (AvgIpc) is 2.91. The van der Waals surface area contributed by atoms with Crippen LogP contribution in [0.3, 0.4) is 0 Å². The third-order valence-electron chi connectivity index (χ3n) is 6.02. The second kappa shape index (κ2) is 10.9. The number of benzene rings is 2. The van der Waals surface area contributed by atoms with Gasteiger partial charge in [0, 0.05) is 31.1 Å². The number of nitrogens with one attached hydrogen (secondary N) is 3. The predicted octanol–water partition coefficient (Wildman–Crippen LogP) is 2.15. The van der Waals surface area contributed by atoms with Crippen molar-refractivity contribution < 1.29 is 18.9 Å². The quantitative estimate of drug-likeness (QED) is 0.288. The van der Waals surface area contributed by atoms with Crippen LogP contribution in [0.25, 0.3) is 21.8 Å². The second-order valence-corrected chi connectivity index (χ2v) is 8.43. The summed E-state index contributed by atoms with van der Waals surface area (Å²) in [6, 6.07) is 8.86. The molecule has 0 bridgehead atoms. The zero-order valence-electron chi connectivity index (χ0n) is 21.0. The van der Waals surface area contributed by atoms with Crippen molar-refractivity contribution >= 4 is 33.7 Å². The summed E-state index contributed by atoms with van der Waals surface area (Å²) in [5.41, 5.74) is 4.94. The van der Waals surface area contributed by atoms with Crippen LogP contribution in [-0.4, -0.2) is 78.6 Å². The smallest absolute Gasteiger partial charge is 0.260 e. The summed E-state index contributed by atoms with van der Waals surface area (Å²) in [6.07, 6.45) is 0. The molecule has 1 saturated heterocycles. The first kappa shape index (κ1) is 24.7. The molecule has 2 aromatic carbocycles. The summed E-state index contributed by atoms with van der Waals surface area (Å²) in [4.78, 5) is 29.2. The van der Waals surface area contributed by atoms with Crippen molar-refractivity contribution in [3.05, 3.63) is 46.4 Å². The van der Waals surface area contributed by atoms with Crippen LogP contribution in [0.5, 0.6) is 17.2 Å². The summed E-state index contributed by atoms with van der Waals surface area (Å²) in [5.74, 6) is 2.29. The molecule has 1 aliphatic heterocycles. The fourth-order valence-corrected chi connectivity index (χ4v) is 4.13. The zero-order valence-corrected chi connectivity index (χ0v) is 21.0. The largest absolute Gasteiger partial charge is 0.493 e. The molecule has 1 fully saturated rings. The van der Waals surface area contributed by atoms with Gasteiger partial charge < -0.3 is 18.9 Å². The van der Waals surface area contributed by atoms with E-state index in [0.29, 0.717) is 52.8 Å². The van der Waals surface area contributed by atoms with Crippen molar-refractivity contribution in [2.24, 2.45) is 0 Å². The highest BCUT2D eigenvalue weighted by Gasteiger charge is 2.13. The molecular formula is C25H29N7O5. The molecule has 2 aromatic heterocycles. The minimum atomic E-state index is -0.298. The van der Waals surface area contributed by atoms with Gasteiger partial charge in [-0.05, 0) is 31.2 Å². The number of aromatic nitrogens is 4. The SMILES string of the molecule is COc1cc2nc(Nc3nc4ccc(OCCNN5CCOCC5)cc4c(=O)[nH]3)nc(C)c2cc1OC. The van der Waals surface area contributed by atoms with Gasteiger partial charge in [0.2, 0.25) is 11.9 Å². The molecule has 1 aliphatic rings. The number of aryl methyl sites for hydroxylation is 1. The summed E-state index contributed by atoms with van der Waals surface area (Å²) in [7, 11) is 3.15. The number of ether oxygens (including phenoxy) is 4. The highest BCUT2D eigenvalue weighted by atomic mass is 16.5. The summed E-state index contributed by atoms with van der Waals surface area (Å²) >= 11 is 0. The van der Waals surface area contributed by atoms with Gasteiger partial charge in [-0.3, -0.25) is 20.5 Å². The molecule has 194 valence electrons. The standard InChI is InChI=1S/C25H29N7O5/c1-15-17-13-21(34-2)22(35-3)14-20(17)29-24(27-15)31-25-28-19-5-4-16(12-18(19)23(33)30-25)37-9-6-26-32-7-10-36-11-8-32/h4-5,12-14,26H,6-11H2,1-3H3,(H2,27,28,29,30,31,33). The molecule has 12 heteroatoms. The number of fused-ring (bicyclic) bond motifs is 2. The van der Waals surface area contributed by atoms with Gasteiger partial charge in [-0.1, -0.05) is 0 Å². The number of aromatic amines is 1. The number of methoxy groups -OCH3 is 2. The van der Waals surface area contributed by atoms with Crippen LogP contribution in [0.4, 0.5) is 11.9 Å². The Labute approximate surface area is 212 Å². The zero-order chi connectivity index (χ0) is 25.8. The summed E-state index contributed by atoms with van der Waals surface area (Å²) < 4.78 is 21.9. The third kappa shape index (κ3) is 5.56. The molecule has 0 amide bonds. The topological polar surface area (TPSA) is 136 Å². The van der Waals surface area contributed by atoms with Gasteiger partial charge in [0.15, 0.2) is 11.5 Å². The molecule has 0 spiro atoms. The molecule has 3 heterocycles. The van der Waals surface area contributed by atoms with E-state index in [1.807, 2.05) is 13.0 Å². The number of H-pyrrole nitrogens is 1. The fraction of sp³-hybridized carbons (Fsp3) is 0.360. The van der Waals surface area contributed by atoms with Crippen molar-refractivity contribution in [1.29, 1.82) is 0 Å². The highest BCUT2D eigenvalue weighted by Crippen LogP contribution is 2.33. The lowest BCUT2D eigenvalue weighted by Gasteiger charge is -2.27. The lowest BCUT2D eigenvalue weighted by Crippen LogP contribution is -2.46. The first-order chi connectivity index (χ1) is 18.0. The van der Waals surface area contributed by atoms with Crippen LogP contribution in [0.15, 0.2) is 35.1 Å². The van der Waals surface area contributed by atoms with Crippen molar-refractivity contribution in [2.45, 2.75) is 6.92 Å². The lowest BCUT2D eigenvalue weighted by molar-refractivity contribution is 0.0101. The minimum absolute atomic E-state index is 0.236. The molecule has 0 aliphatic carbocycles. The number of hydrazine groups is 1. The Balaban J connectivity index is 1.30. The number of nitrogens with zero attached hydrogens (tertiary/aromatic N) is 4. The molecular weight excluding hydrogens is 478 g/mol. The van der Waals surface area contributed by atoms with Crippen molar-refractivity contribution in [2.75, 3.05) is 59.0 Å². The molecule has 0 radical (unpaired) electrons. The van der Waals surface area contributed by atoms with Gasteiger partial charge >= 0.3 is 0 Å². The average molecular weight is 508 g/mol. The molecule has 5 rings (SSSR count). The normalized spacial score (nSPS) is 14.1. The highest BCUT2D eigenvalue weighted by molar-refractivity contribution is 5.86. The molecule has 0 atom stereocenters. The Morgan fingerprint density at radius 1 is 1.00 bits per heavy atom. The number of hydrogen-bond donors (Lipinski definition) is 3. The molecule has 3 N–H and O–H groups in total. The van der Waals surface area contributed by atoms with Crippen LogP contribution in [0, 0.1) is 6.92 Å². The Bertz CT molecular complexity index is 1470. The van der Waals surface area contributed by atoms with Crippen LogP contribution in [0.2, 0.25) is 0 Å². The number of morpholine rings is 1. The third-order valence-corrected chi connectivity index (χ3v) is 6.02. The molecule has 0 unspecified atom stereocenters. The van der Waals surface area contributed by atoms with Gasteiger partial charge in [-0.2, -0.15) is 0 Å². The van der Waals surface area contributed by atoms with E-state index in [1.165, 1.54) is 0 Å². The number of rotatable bonds is 9. The van der Waals surface area contributed by atoms with E-state index < -0.39 is 0 Å². The van der Waals surface area contributed by atoms with Crippen LogP contribution in [-0.2, 0) is 4.74 Å². The predicted molar refractivity (Wildman–Crippen MR) is 139 cm³/mol. The van der Waals surface area contributed by atoms with E-state index in [2.05, 4.69) is 35.7 Å². The van der Waals surface area contributed by atoms with E-state index >= 15 is 0 Å². The Hall–Kier alpha value is -4.00. The van der Waals surface area contributed by atoms with Gasteiger partial charge in [0.25, 0.3) is 5.56 Å². The van der Waals surface area contributed by atoms with E-state index in [-0.39, 0.29) is 11.5 Å². The maximum Gasteiger partial charge on any atom is 0.260 e. The Morgan fingerprint density at radius 2 is 1.78 bits per heavy atom. The molecule has 4 aromatic rings. The van der Waals surface area contributed by atoms with Crippen molar-refractivity contribution in [3.63, 3.8) is 0 Å². The Morgan fingerprint density at radius 3 is 2.57 bits per heavy atom. The van der Waals surface area contributed by atoms with E-state index in [9.17, 15) is 4.79 Å². The fourth-order valence-electron chi connectivity index (χ4n) is 4.13. The lowest BCUT2D eigenvalue weighted by atomic mass is 10.1. The van der Waals surface area contributed by atoms with Crippen LogP contribution >= 0.6 is 0 Å². The maximum absolute atomic E-state index is 12.8. The van der Waals surface area contributed by atoms with Gasteiger partial charge in [-0.25, -0.2) is 20.0 Å². The first-order valence-corrected chi connectivity index (χ1v) is 11.9. The molecule has 0 saturated carbocycles. The van der Waals surface area contributed by atoms with Gasteiger partial charge in [-0.15, -0.1) is 0 Å². The van der Waals surface area contributed by atoms with Gasteiger partial charge in [0.1, 0.15) is 12.4 Å². The van der Waals surface area contributed by atoms with E-state index in [1.54, 1.807) is 38.5 Å². The second-order valence-electron chi connectivity index (χ2n) is 8.43. The number of anilines is 2. The van der Waals surface area contributed by atoms with Crippen molar-refractivity contribution in [1.82, 2.24) is 30.4 Å². The van der Waals surface area contributed by atoms with E-state index in [0.717, 1.165) is 37.4 Å². The molecule has 12 nitrogen and oxygen atoms in total.